The van der Waals surface area contributed by atoms with Crippen LogP contribution < -0.4 is 5.14 Å². The molecule has 0 radical (unpaired) electrons. The summed E-state index contributed by atoms with van der Waals surface area (Å²) < 4.78 is 27.8. The standard InChI is InChI=1S/C21H35NO4S/c1-13(23)17-6-7-18-16-5-4-14-12-15(26-27(22,24)25)8-10-20(14,2)19(16)9-11-21(17,18)3/h14-19H,4-12H2,1-3H3,(H2,22,24,25)/t14-,15+,16+,17-,18+,19+,20+,21-/m1/s1. The minimum absolute atomic E-state index is 0.199. The summed E-state index contributed by atoms with van der Waals surface area (Å²) >= 11 is 0. The number of hydrogen-bond donors (Lipinski definition) is 1. The van der Waals surface area contributed by atoms with E-state index in [-0.39, 0.29) is 22.9 Å². The van der Waals surface area contributed by atoms with Crippen molar-refractivity contribution in [3.8, 4) is 0 Å². The van der Waals surface area contributed by atoms with Crippen LogP contribution >= 0.6 is 0 Å². The van der Waals surface area contributed by atoms with Crippen LogP contribution in [0.25, 0.3) is 0 Å². The number of Topliss-reactive ketones (excluding diaryl/α,β-unsaturated/α-hetero) is 1. The first-order valence-corrected chi connectivity index (χ1v) is 12.2. The van der Waals surface area contributed by atoms with Crippen molar-refractivity contribution < 1.29 is 17.4 Å². The van der Waals surface area contributed by atoms with Crippen LogP contribution in [0.1, 0.15) is 78.6 Å². The molecule has 0 amide bonds. The average Bonchev–Trinajstić information content (AvgIpc) is 2.91. The molecule has 5 nitrogen and oxygen atoms in total. The summed E-state index contributed by atoms with van der Waals surface area (Å²) in [4.78, 5) is 12.2. The second-order valence-electron chi connectivity index (χ2n) is 10.4. The number of fused-ring (bicyclic) bond motifs is 5. The maximum Gasteiger partial charge on any atom is 0.333 e. The zero-order valence-corrected chi connectivity index (χ0v) is 17.8. The Balaban J connectivity index is 1.53. The molecule has 0 saturated heterocycles. The highest BCUT2D eigenvalue weighted by atomic mass is 32.2. The van der Waals surface area contributed by atoms with Crippen LogP contribution in [-0.4, -0.2) is 20.3 Å². The molecule has 0 spiro atoms. The smallest absolute Gasteiger partial charge is 0.300 e. The van der Waals surface area contributed by atoms with E-state index in [2.05, 4.69) is 13.8 Å². The van der Waals surface area contributed by atoms with Gasteiger partial charge in [-0.05, 0) is 99.2 Å². The molecular weight excluding hydrogens is 362 g/mol. The van der Waals surface area contributed by atoms with Crippen molar-refractivity contribution in [3.05, 3.63) is 0 Å². The van der Waals surface area contributed by atoms with Crippen molar-refractivity contribution in [2.24, 2.45) is 45.6 Å². The van der Waals surface area contributed by atoms with Gasteiger partial charge in [-0.3, -0.25) is 8.98 Å². The van der Waals surface area contributed by atoms with Crippen LogP contribution in [0.5, 0.6) is 0 Å². The van der Waals surface area contributed by atoms with E-state index in [1.54, 1.807) is 6.92 Å². The predicted octanol–water partition coefficient (Wildman–Crippen LogP) is 3.82. The highest BCUT2D eigenvalue weighted by molar-refractivity contribution is 7.84. The Morgan fingerprint density at radius 1 is 0.963 bits per heavy atom. The van der Waals surface area contributed by atoms with Crippen LogP contribution in [0.2, 0.25) is 0 Å². The fraction of sp³-hybridized carbons (Fsp3) is 0.952. The number of hydrogen-bond acceptors (Lipinski definition) is 4. The lowest BCUT2D eigenvalue weighted by Gasteiger charge is -2.61. The molecule has 0 heterocycles. The molecule has 8 atom stereocenters. The molecule has 4 aliphatic rings. The lowest BCUT2D eigenvalue weighted by Crippen LogP contribution is -2.54. The third-order valence-corrected chi connectivity index (χ3v) is 9.92. The molecule has 0 aromatic carbocycles. The monoisotopic (exact) mass is 397 g/mol. The van der Waals surface area contributed by atoms with Crippen molar-refractivity contribution in [2.75, 3.05) is 0 Å². The fourth-order valence-electron chi connectivity index (χ4n) is 8.16. The highest BCUT2D eigenvalue weighted by Crippen LogP contribution is 2.67. The van der Waals surface area contributed by atoms with Crippen LogP contribution in [-0.2, 0) is 19.3 Å². The molecule has 4 aliphatic carbocycles. The second kappa shape index (κ2) is 6.53. The average molecular weight is 398 g/mol. The molecular formula is C21H35NO4S. The Morgan fingerprint density at radius 2 is 1.63 bits per heavy atom. The molecule has 0 aromatic rings. The summed E-state index contributed by atoms with van der Waals surface area (Å²) in [6.07, 6.45) is 9.41. The van der Waals surface area contributed by atoms with Gasteiger partial charge < -0.3 is 0 Å². The second-order valence-corrected chi connectivity index (χ2v) is 11.6. The minimum Gasteiger partial charge on any atom is -0.300 e. The van der Waals surface area contributed by atoms with Gasteiger partial charge in [0, 0.05) is 5.92 Å². The van der Waals surface area contributed by atoms with Crippen LogP contribution in [0.15, 0.2) is 0 Å². The molecule has 27 heavy (non-hydrogen) atoms. The number of carbonyl (C=O) groups excluding carboxylic acids is 1. The lowest BCUT2D eigenvalue weighted by molar-refractivity contribution is -0.137. The fourth-order valence-corrected chi connectivity index (χ4v) is 8.72. The molecule has 0 unspecified atom stereocenters. The largest absolute Gasteiger partial charge is 0.333 e. The molecule has 4 saturated carbocycles. The van der Waals surface area contributed by atoms with Gasteiger partial charge in [-0.15, -0.1) is 0 Å². The maximum absolute atomic E-state index is 12.2. The van der Waals surface area contributed by atoms with Gasteiger partial charge in [0.25, 0.3) is 0 Å². The summed E-state index contributed by atoms with van der Waals surface area (Å²) in [5, 5.41) is 5.11. The van der Waals surface area contributed by atoms with E-state index in [0.717, 1.165) is 38.0 Å². The first-order valence-electron chi connectivity index (χ1n) is 10.8. The normalized spacial score (nSPS) is 49.8. The molecule has 6 heteroatoms. The Morgan fingerprint density at radius 3 is 2.30 bits per heavy atom. The number of ketones is 1. The first kappa shape index (κ1) is 19.8. The van der Waals surface area contributed by atoms with Crippen molar-refractivity contribution in [1.29, 1.82) is 0 Å². The first-order chi connectivity index (χ1) is 12.5. The van der Waals surface area contributed by atoms with E-state index in [0.29, 0.717) is 23.5 Å². The van der Waals surface area contributed by atoms with Crippen molar-refractivity contribution in [1.82, 2.24) is 0 Å². The SMILES string of the molecule is CC(=O)[C@H]1CC[C@H]2[C@@H]3CC[C@@H]4C[C@@H](OS(N)(=O)=O)CC[C@]4(C)[C@H]3CC[C@]12C. The zero-order valence-electron chi connectivity index (χ0n) is 16.9. The van der Waals surface area contributed by atoms with Crippen molar-refractivity contribution >= 4 is 16.1 Å². The van der Waals surface area contributed by atoms with Crippen LogP contribution in [0.3, 0.4) is 0 Å². The Bertz CT molecular complexity index is 722. The highest BCUT2D eigenvalue weighted by Gasteiger charge is 2.60. The molecule has 0 aliphatic heterocycles. The molecule has 4 fully saturated rings. The molecule has 0 bridgehead atoms. The maximum atomic E-state index is 12.2. The molecule has 2 N–H and O–H groups in total. The molecule has 0 aromatic heterocycles. The van der Waals surface area contributed by atoms with Gasteiger partial charge >= 0.3 is 10.3 Å². The number of rotatable bonds is 3. The van der Waals surface area contributed by atoms with Gasteiger partial charge in [-0.2, -0.15) is 8.42 Å². The van der Waals surface area contributed by atoms with Gasteiger partial charge in [0.05, 0.1) is 6.10 Å². The summed E-state index contributed by atoms with van der Waals surface area (Å²) in [6.45, 7) is 6.62. The predicted molar refractivity (Wildman–Crippen MR) is 104 cm³/mol. The number of nitrogens with two attached hydrogens (primary N) is 1. The van der Waals surface area contributed by atoms with E-state index in [4.69, 9.17) is 9.32 Å². The Kier molecular flexibility index (Phi) is 4.80. The summed E-state index contributed by atoms with van der Waals surface area (Å²) in [6, 6.07) is 0. The Hall–Kier alpha value is -0.460. The minimum atomic E-state index is -3.87. The third kappa shape index (κ3) is 3.20. The van der Waals surface area contributed by atoms with Crippen molar-refractivity contribution in [3.63, 3.8) is 0 Å². The topological polar surface area (TPSA) is 86.5 Å². The van der Waals surface area contributed by atoms with Gasteiger partial charge in [-0.25, -0.2) is 5.14 Å². The van der Waals surface area contributed by atoms with Gasteiger partial charge in [-0.1, -0.05) is 13.8 Å². The summed E-state index contributed by atoms with van der Waals surface area (Å²) in [5.74, 6) is 3.28. The summed E-state index contributed by atoms with van der Waals surface area (Å²) in [7, 11) is -3.87. The van der Waals surface area contributed by atoms with Crippen LogP contribution in [0, 0.1) is 40.4 Å². The zero-order chi connectivity index (χ0) is 19.6. The Labute approximate surface area is 164 Å². The van der Waals surface area contributed by atoms with Gasteiger partial charge in [0.15, 0.2) is 0 Å². The summed E-state index contributed by atoms with van der Waals surface area (Å²) in [5.41, 5.74) is 0.473. The molecule has 4 rings (SSSR count). The van der Waals surface area contributed by atoms with E-state index < -0.39 is 10.3 Å². The van der Waals surface area contributed by atoms with Crippen LogP contribution in [0.4, 0.5) is 0 Å². The van der Waals surface area contributed by atoms with E-state index >= 15 is 0 Å². The molecule has 154 valence electrons. The lowest BCUT2D eigenvalue weighted by atomic mass is 9.44. The van der Waals surface area contributed by atoms with Gasteiger partial charge in [0.1, 0.15) is 5.78 Å². The van der Waals surface area contributed by atoms with Gasteiger partial charge in [0.2, 0.25) is 0 Å². The van der Waals surface area contributed by atoms with E-state index in [9.17, 15) is 13.2 Å². The third-order valence-electron chi connectivity index (χ3n) is 9.38. The van der Waals surface area contributed by atoms with Crippen molar-refractivity contribution in [2.45, 2.75) is 84.7 Å². The van der Waals surface area contributed by atoms with E-state index in [1.807, 2.05) is 0 Å². The number of carbonyl (C=O) groups is 1. The quantitative estimate of drug-likeness (QED) is 0.784. The van der Waals surface area contributed by atoms with E-state index in [1.165, 1.54) is 25.7 Å².